The second-order valence-electron chi connectivity index (χ2n) is 18.5. The summed E-state index contributed by atoms with van der Waals surface area (Å²) in [5.41, 5.74) is -0.349. The van der Waals surface area contributed by atoms with E-state index in [0.717, 1.165) is 12.1 Å². The number of nitrogens with zero attached hydrogens (tertiary/aromatic N) is 2. The van der Waals surface area contributed by atoms with E-state index in [-0.39, 0.29) is 79.2 Å². The molecule has 0 amide bonds. The molecule has 6 N–H and O–H groups in total. The van der Waals surface area contributed by atoms with E-state index in [1.807, 2.05) is 29.7 Å². The van der Waals surface area contributed by atoms with Gasteiger partial charge in [-0.15, -0.1) is 0 Å². The summed E-state index contributed by atoms with van der Waals surface area (Å²) >= 11 is 0. The van der Waals surface area contributed by atoms with Crippen molar-refractivity contribution in [1.29, 1.82) is 0 Å². The number of carboxylic acids is 1. The van der Waals surface area contributed by atoms with Gasteiger partial charge in [0.25, 0.3) is 50.6 Å². The van der Waals surface area contributed by atoms with Crippen LogP contribution in [0, 0.1) is 0 Å². The van der Waals surface area contributed by atoms with Crippen LogP contribution in [0.1, 0.15) is 76.8 Å². The van der Waals surface area contributed by atoms with Crippen molar-refractivity contribution in [1.82, 2.24) is 0 Å². The van der Waals surface area contributed by atoms with Crippen LogP contribution in [0.5, 0.6) is 0 Å². The van der Waals surface area contributed by atoms with E-state index in [0.29, 0.717) is 73.8 Å². The molecular formula is C47H60N2O20S5. The minimum atomic E-state index is -5.16. The van der Waals surface area contributed by atoms with Gasteiger partial charge in [-0.05, 0) is 110 Å². The van der Waals surface area contributed by atoms with Crippen LogP contribution >= 0.6 is 0 Å². The number of hydrogen-bond donors (Lipinski definition) is 6. The molecule has 27 heteroatoms. The molecule has 0 radical (unpaired) electrons. The molecule has 0 aliphatic carbocycles. The number of likely N-dealkylation sites (N-methyl/N-ethyl adjacent to an activating group) is 1. The quantitative estimate of drug-likeness (QED) is 0.0308. The van der Waals surface area contributed by atoms with Crippen molar-refractivity contribution in [3.63, 3.8) is 0 Å². The summed E-state index contributed by atoms with van der Waals surface area (Å²) in [4.78, 5) is 12.0. The van der Waals surface area contributed by atoms with Gasteiger partial charge in [0.1, 0.15) is 9.79 Å². The molecule has 3 atom stereocenters. The fraction of sp³-hybridized carbons (Fsp3) is 0.468. The molecule has 2 aliphatic rings. The molecule has 4 aromatic rings. The third kappa shape index (κ3) is 12.8. The number of unbranched alkanes of at least 4 members (excludes halogenated alkanes) is 2. The molecule has 0 bridgehead atoms. The Morgan fingerprint density at radius 2 is 1.19 bits per heavy atom. The Labute approximate surface area is 430 Å². The number of carboxylic acid groups (broad SMARTS) is 1. The Kier molecular flexibility index (Phi) is 17.9. The molecular weight excluding hydrogens is 1070 g/mol. The number of ether oxygens (including phenoxy) is 3. The van der Waals surface area contributed by atoms with E-state index in [1.165, 1.54) is 19.2 Å². The Bertz CT molecular complexity index is 3450. The molecule has 0 saturated carbocycles. The minimum Gasteiger partial charge on any atom is -0.481 e. The lowest BCUT2D eigenvalue weighted by atomic mass is 9.73. The molecule has 3 unspecified atom stereocenters. The van der Waals surface area contributed by atoms with Gasteiger partial charge in [0.2, 0.25) is 0 Å². The van der Waals surface area contributed by atoms with Gasteiger partial charge in [-0.25, -0.2) is 0 Å². The van der Waals surface area contributed by atoms with Crippen LogP contribution in [-0.4, -0.2) is 141 Å². The summed E-state index contributed by atoms with van der Waals surface area (Å²) in [6.45, 7) is 7.06. The number of methoxy groups -OCH3 is 1. The van der Waals surface area contributed by atoms with E-state index in [1.54, 1.807) is 31.2 Å². The van der Waals surface area contributed by atoms with Gasteiger partial charge in [0.05, 0.1) is 48.0 Å². The first-order valence-electron chi connectivity index (χ1n) is 23.3. The maximum atomic E-state index is 12.9. The molecule has 2 heterocycles. The molecule has 0 fully saturated rings. The molecule has 0 saturated heterocycles. The highest BCUT2D eigenvalue weighted by atomic mass is 32.2. The van der Waals surface area contributed by atoms with Gasteiger partial charge < -0.3 is 29.1 Å². The summed E-state index contributed by atoms with van der Waals surface area (Å²) < 4.78 is 194. The largest absolute Gasteiger partial charge is 0.481 e. The predicted molar refractivity (Wildman–Crippen MR) is 273 cm³/mol. The van der Waals surface area contributed by atoms with Gasteiger partial charge in [-0.1, -0.05) is 37.6 Å². The average Bonchev–Trinajstić information content (AvgIpc) is 3.67. The van der Waals surface area contributed by atoms with E-state index in [4.69, 9.17) is 14.2 Å². The molecule has 0 spiro atoms. The van der Waals surface area contributed by atoms with E-state index < -0.39 is 98.8 Å². The van der Waals surface area contributed by atoms with Crippen LogP contribution in [0.4, 0.5) is 11.4 Å². The number of allylic oxidation sites excluding steroid dienone is 3. The lowest BCUT2D eigenvalue weighted by Crippen LogP contribution is -2.42. The van der Waals surface area contributed by atoms with Crippen LogP contribution in [0.25, 0.3) is 21.5 Å². The summed E-state index contributed by atoms with van der Waals surface area (Å²) in [7, 11) is -23.4. The maximum absolute atomic E-state index is 12.9. The number of benzene rings is 4. The van der Waals surface area contributed by atoms with Crippen molar-refractivity contribution in [3.05, 3.63) is 83.6 Å². The van der Waals surface area contributed by atoms with Crippen LogP contribution in [0.15, 0.2) is 92.0 Å². The first kappa shape index (κ1) is 58.6. The van der Waals surface area contributed by atoms with E-state index in [9.17, 15) is 74.8 Å². The minimum absolute atomic E-state index is 0.0370. The lowest BCUT2D eigenvalue weighted by Gasteiger charge is -2.35. The van der Waals surface area contributed by atoms with Crippen LogP contribution in [0.3, 0.4) is 0 Å². The highest BCUT2D eigenvalue weighted by Crippen LogP contribution is 2.55. The van der Waals surface area contributed by atoms with Crippen LogP contribution in [0.2, 0.25) is 0 Å². The fourth-order valence-electron chi connectivity index (χ4n) is 10.3. The Hall–Kier alpha value is -4.62. The van der Waals surface area contributed by atoms with Crippen molar-refractivity contribution in [2.75, 3.05) is 68.8 Å². The first-order chi connectivity index (χ1) is 34.4. The number of carbonyl (C=O) groups is 1. The van der Waals surface area contributed by atoms with Crippen molar-refractivity contribution in [2.24, 2.45) is 0 Å². The standard InChI is InChI=1S/C47H60N2O20S5/c1-5-48-37-16-14-33-35(27-31(71(55,56)57)29-39(33)73(61,62)63)44(37)47(3,19-21-68-24-25-69-23-22-67-4)41(48)11-9-12-42-46(2,18-10-26-70(52,53)54)45-36-28-32(72(58,59)60)30-40(74(64,65)66)34(36)15-17-38(45)49(42)20-8-6-7-13-43(50)51/h9,11-12,14-17,27-30,41H,5-8,10,13,18-26H2,1-4H3,(H,50,51)(H,52,53,54)(H,55,56,57)(H,58,59,60)(H,61,62,63)(H,64,65,66). The summed E-state index contributed by atoms with van der Waals surface area (Å²) in [6, 6.07) is 8.74. The Balaban J connectivity index is 1.60. The first-order valence-corrected chi connectivity index (χ1v) is 30.6. The van der Waals surface area contributed by atoms with Crippen LogP contribution in [-0.2, 0) is 80.4 Å². The van der Waals surface area contributed by atoms with Gasteiger partial charge in [0.15, 0.2) is 0 Å². The van der Waals surface area contributed by atoms with Crippen LogP contribution < -0.4 is 9.80 Å². The zero-order valence-corrected chi connectivity index (χ0v) is 45.0. The molecule has 408 valence electrons. The molecule has 4 aromatic carbocycles. The third-order valence-corrected chi connectivity index (χ3v) is 17.9. The monoisotopic (exact) mass is 1130 g/mol. The molecule has 22 nitrogen and oxygen atoms in total. The highest BCUT2D eigenvalue weighted by molar-refractivity contribution is 7.87. The summed E-state index contributed by atoms with van der Waals surface area (Å²) in [5, 5.41) is 9.21. The molecule has 2 aliphatic heterocycles. The number of anilines is 2. The number of hydrogen-bond acceptors (Lipinski definition) is 16. The van der Waals surface area contributed by atoms with Gasteiger partial charge in [-0.2, -0.15) is 42.1 Å². The normalized spacial score (nSPS) is 20.1. The Morgan fingerprint density at radius 1 is 0.649 bits per heavy atom. The van der Waals surface area contributed by atoms with E-state index >= 15 is 0 Å². The van der Waals surface area contributed by atoms with Gasteiger partial charge in [-0.3, -0.25) is 27.6 Å². The molecule has 74 heavy (non-hydrogen) atoms. The Morgan fingerprint density at radius 3 is 1.70 bits per heavy atom. The van der Waals surface area contributed by atoms with Crippen molar-refractivity contribution < 1.29 is 89.0 Å². The molecule has 6 rings (SSSR count). The second kappa shape index (κ2) is 22.5. The molecule has 0 aromatic heterocycles. The SMILES string of the molecule is CCN1c2ccc3c(S(=O)(=O)O)cc(S(=O)(=O)O)cc3c2C(C)(CCOCCOCCOC)C1C=CC=C1N(CCCCCC(=O)O)c2ccc3c(S(=O)(=O)O)cc(S(=O)(=O)O)cc3c2C1(C)CCCS(=O)(=O)O. The summed E-state index contributed by atoms with van der Waals surface area (Å²) in [6.07, 6.45) is 6.16. The third-order valence-electron chi connectivity index (χ3n) is 13.6. The van der Waals surface area contributed by atoms with E-state index in [2.05, 4.69) is 0 Å². The fourth-order valence-corrected chi connectivity index (χ4v) is 13.5. The zero-order chi connectivity index (χ0) is 54.8. The topological polar surface area (TPSA) is 343 Å². The van der Waals surface area contributed by atoms with Crippen molar-refractivity contribution in [3.8, 4) is 0 Å². The van der Waals surface area contributed by atoms with Crippen molar-refractivity contribution in [2.45, 2.75) is 102 Å². The van der Waals surface area contributed by atoms with Crippen molar-refractivity contribution >= 4 is 89.5 Å². The maximum Gasteiger partial charge on any atom is 0.303 e. The lowest BCUT2D eigenvalue weighted by molar-refractivity contribution is -0.137. The zero-order valence-electron chi connectivity index (χ0n) is 40.9. The summed E-state index contributed by atoms with van der Waals surface area (Å²) in [5.74, 6) is -1.72. The number of aliphatic carboxylic acids is 1. The smallest absolute Gasteiger partial charge is 0.303 e. The van der Waals surface area contributed by atoms with Gasteiger partial charge >= 0.3 is 5.97 Å². The number of fused-ring (bicyclic) bond motifs is 6. The average molecular weight is 1130 g/mol. The van der Waals surface area contributed by atoms with Gasteiger partial charge in [0, 0.05) is 71.9 Å². The second-order valence-corrected chi connectivity index (χ2v) is 25.7. The predicted octanol–water partition coefficient (Wildman–Crippen LogP) is 6.05. The highest BCUT2D eigenvalue weighted by Gasteiger charge is 2.48. The number of rotatable bonds is 26.